The Balaban J connectivity index is 1.26. The van der Waals surface area contributed by atoms with Crippen LogP contribution >= 0.6 is 0 Å². The van der Waals surface area contributed by atoms with Gasteiger partial charge >= 0.3 is 0 Å². The minimum absolute atomic E-state index is 0.0179. The highest BCUT2D eigenvalue weighted by atomic mass is 16.2. The second-order valence-corrected chi connectivity index (χ2v) is 11.8. The van der Waals surface area contributed by atoms with E-state index in [0.717, 1.165) is 31.4 Å². The van der Waals surface area contributed by atoms with E-state index in [1.807, 2.05) is 30.3 Å². The van der Waals surface area contributed by atoms with Crippen molar-refractivity contribution < 1.29 is 9.59 Å². The van der Waals surface area contributed by atoms with Crippen molar-refractivity contribution in [2.24, 2.45) is 27.8 Å². The van der Waals surface area contributed by atoms with Gasteiger partial charge in [0.1, 0.15) is 0 Å². The number of imidazole rings is 1. The van der Waals surface area contributed by atoms with Crippen molar-refractivity contribution in [3.05, 3.63) is 102 Å². The van der Waals surface area contributed by atoms with Crippen LogP contribution in [0.25, 0.3) is 10.8 Å². The molecule has 1 saturated carbocycles. The number of carbonyl (C=O) groups is 2. The van der Waals surface area contributed by atoms with Crippen LogP contribution in [-0.4, -0.2) is 46.9 Å². The van der Waals surface area contributed by atoms with Crippen LogP contribution in [0, 0.1) is 11.3 Å². The Bertz CT molecular complexity index is 1550. The first-order chi connectivity index (χ1) is 21.4. The quantitative estimate of drug-likeness (QED) is 0.0755. The molecule has 1 heterocycles. The lowest BCUT2D eigenvalue weighted by molar-refractivity contribution is -0.128. The summed E-state index contributed by atoms with van der Waals surface area (Å²) in [4.78, 5) is 38.3. The molecule has 0 aliphatic heterocycles. The Kier molecular flexibility index (Phi) is 10.3. The van der Waals surface area contributed by atoms with E-state index < -0.39 is 5.41 Å². The van der Waals surface area contributed by atoms with Crippen LogP contribution in [-0.2, 0) is 28.9 Å². The maximum absolute atomic E-state index is 13.9. The fourth-order valence-electron chi connectivity index (χ4n) is 6.31. The van der Waals surface area contributed by atoms with Gasteiger partial charge in [-0.05, 0) is 72.8 Å². The van der Waals surface area contributed by atoms with Crippen LogP contribution in [0.1, 0.15) is 48.9 Å². The number of benzene rings is 3. The monoisotopic (exact) mass is 593 g/mol. The molecule has 0 bridgehead atoms. The number of nitrogens with one attached hydrogen (secondary N) is 3. The fourth-order valence-corrected chi connectivity index (χ4v) is 6.31. The number of hydrogen-bond acceptors (Lipinski definition) is 4. The Morgan fingerprint density at radius 2 is 1.77 bits per heavy atom. The molecule has 9 heteroatoms. The summed E-state index contributed by atoms with van der Waals surface area (Å²) >= 11 is 0. The number of carbonyl (C=O) groups excluding carboxylic acids is 2. The minimum Gasteiger partial charge on any atom is -0.370 e. The number of aliphatic imine (C=N–C) groups is 1. The number of amides is 2. The number of hydrogen-bond donors (Lipinski definition) is 5. The molecule has 230 valence electrons. The molecule has 4 aromatic rings. The first kappa shape index (κ1) is 30.8. The summed E-state index contributed by atoms with van der Waals surface area (Å²) in [6.07, 6.45) is 8.67. The summed E-state index contributed by atoms with van der Waals surface area (Å²) in [6, 6.07) is 24.9. The van der Waals surface area contributed by atoms with Gasteiger partial charge in [0.05, 0.1) is 11.7 Å². The van der Waals surface area contributed by atoms with Crippen molar-refractivity contribution in [3.8, 4) is 0 Å². The largest absolute Gasteiger partial charge is 0.370 e. The normalized spacial score (nSPS) is 18.0. The molecular weight excluding hydrogens is 550 g/mol. The molecule has 7 N–H and O–H groups in total. The zero-order chi connectivity index (χ0) is 30.8. The van der Waals surface area contributed by atoms with Gasteiger partial charge in [0.2, 0.25) is 11.8 Å². The molecule has 0 saturated heterocycles. The topological polar surface area (TPSA) is 151 Å². The molecule has 1 fully saturated rings. The average Bonchev–Trinajstić information content (AvgIpc) is 3.53. The highest BCUT2D eigenvalue weighted by Crippen LogP contribution is 2.58. The predicted octanol–water partition coefficient (Wildman–Crippen LogP) is 4.03. The summed E-state index contributed by atoms with van der Waals surface area (Å²) in [5.74, 6) is 0.110. The number of fused-ring (bicyclic) bond motifs is 1. The van der Waals surface area contributed by atoms with Gasteiger partial charge in [0.25, 0.3) is 0 Å². The standard InChI is InChI=1S/C35H43N7O2/c36-34(37)40-19-6-18-35(33(44)39-20-17-26-11-13-27-9-4-5-10-28(27)21-26)22-30(35)31(15-12-25-7-2-1-3-8-25)42-32(43)16-14-29-23-38-24-41-29/h1-5,7-11,13,21,23-24,30-31H,6,12,14-20,22H2,(H,38,41)(H,39,44)(H,42,43)(H4,36,37,40)/t30-,31+,35+/m1/s1. The van der Waals surface area contributed by atoms with Crippen LogP contribution < -0.4 is 22.1 Å². The highest BCUT2D eigenvalue weighted by Gasteiger charge is 2.61. The van der Waals surface area contributed by atoms with E-state index in [4.69, 9.17) is 11.5 Å². The van der Waals surface area contributed by atoms with Crippen molar-refractivity contribution in [2.75, 3.05) is 13.1 Å². The lowest BCUT2D eigenvalue weighted by Gasteiger charge is -2.24. The van der Waals surface area contributed by atoms with Crippen LogP contribution in [0.3, 0.4) is 0 Å². The third-order valence-corrected chi connectivity index (χ3v) is 8.77. The van der Waals surface area contributed by atoms with Gasteiger partial charge in [-0.25, -0.2) is 4.98 Å². The molecule has 3 atom stereocenters. The maximum atomic E-state index is 13.9. The summed E-state index contributed by atoms with van der Waals surface area (Å²) < 4.78 is 0. The number of aromatic amines is 1. The zero-order valence-corrected chi connectivity index (χ0v) is 25.2. The molecule has 1 aliphatic carbocycles. The lowest BCUT2D eigenvalue weighted by atomic mass is 9.90. The van der Waals surface area contributed by atoms with Gasteiger partial charge in [0.15, 0.2) is 5.96 Å². The van der Waals surface area contributed by atoms with Crippen LogP contribution in [0.15, 0.2) is 90.3 Å². The first-order valence-corrected chi connectivity index (χ1v) is 15.5. The van der Waals surface area contributed by atoms with Gasteiger partial charge in [-0.15, -0.1) is 0 Å². The van der Waals surface area contributed by atoms with E-state index in [1.54, 1.807) is 12.5 Å². The molecular formula is C35H43N7O2. The fraction of sp³-hybridized carbons (Fsp3) is 0.371. The third-order valence-electron chi connectivity index (χ3n) is 8.77. The van der Waals surface area contributed by atoms with Gasteiger partial charge in [-0.1, -0.05) is 72.8 Å². The number of aryl methyl sites for hydroxylation is 2. The smallest absolute Gasteiger partial charge is 0.226 e. The number of H-pyrrole nitrogens is 1. The second-order valence-electron chi connectivity index (χ2n) is 11.8. The average molecular weight is 594 g/mol. The molecule has 44 heavy (non-hydrogen) atoms. The molecule has 5 rings (SSSR count). The van der Waals surface area contributed by atoms with E-state index >= 15 is 0 Å². The number of nitrogens with zero attached hydrogens (tertiary/aromatic N) is 2. The SMILES string of the molecule is NC(N)=NCCC[C@]1(C(=O)NCCc2ccc3ccccc3c2)C[C@@H]1[C@H](CCc1ccccc1)NC(=O)CCc1cnc[nH]1. The molecule has 0 spiro atoms. The number of guanidine groups is 1. The first-order valence-electron chi connectivity index (χ1n) is 15.5. The third kappa shape index (κ3) is 8.24. The van der Waals surface area contributed by atoms with Crippen LogP contribution in [0.4, 0.5) is 0 Å². The van der Waals surface area contributed by atoms with Gasteiger partial charge in [-0.3, -0.25) is 14.6 Å². The van der Waals surface area contributed by atoms with E-state index in [1.165, 1.54) is 21.9 Å². The van der Waals surface area contributed by atoms with Gasteiger partial charge in [0, 0.05) is 37.4 Å². The summed E-state index contributed by atoms with van der Waals surface area (Å²) in [6.45, 7) is 1.01. The van der Waals surface area contributed by atoms with Crippen molar-refractivity contribution in [3.63, 3.8) is 0 Å². The van der Waals surface area contributed by atoms with Gasteiger partial charge in [-0.2, -0.15) is 0 Å². The maximum Gasteiger partial charge on any atom is 0.226 e. The lowest BCUT2D eigenvalue weighted by Crippen LogP contribution is -2.42. The van der Waals surface area contributed by atoms with Crippen LogP contribution in [0.5, 0.6) is 0 Å². The molecule has 2 amide bonds. The second kappa shape index (κ2) is 14.7. The Labute approximate surface area is 258 Å². The molecule has 1 aromatic heterocycles. The van der Waals surface area contributed by atoms with E-state index in [-0.39, 0.29) is 29.7 Å². The summed E-state index contributed by atoms with van der Waals surface area (Å²) in [5.41, 5.74) is 13.9. The summed E-state index contributed by atoms with van der Waals surface area (Å²) in [7, 11) is 0. The Hall–Kier alpha value is -4.66. The number of rotatable bonds is 16. The number of aromatic nitrogens is 2. The molecule has 9 nitrogen and oxygen atoms in total. The Morgan fingerprint density at radius 3 is 2.55 bits per heavy atom. The van der Waals surface area contributed by atoms with Crippen molar-refractivity contribution in [1.29, 1.82) is 0 Å². The zero-order valence-electron chi connectivity index (χ0n) is 25.2. The number of nitrogens with two attached hydrogens (primary N) is 2. The van der Waals surface area contributed by atoms with Crippen molar-refractivity contribution in [2.45, 2.75) is 57.4 Å². The Morgan fingerprint density at radius 1 is 0.977 bits per heavy atom. The predicted molar refractivity (Wildman–Crippen MR) is 175 cm³/mol. The highest BCUT2D eigenvalue weighted by molar-refractivity contribution is 5.87. The molecule has 0 radical (unpaired) electrons. The van der Waals surface area contributed by atoms with E-state index in [2.05, 4.69) is 68.1 Å². The molecule has 3 aromatic carbocycles. The van der Waals surface area contributed by atoms with E-state index in [9.17, 15) is 9.59 Å². The summed E-state index contributed by atoms with van der Waals surface area (Å²) in [5, 5.41) is 8.94. The van der Waals surface area contributed by atoms with Crippen LogP contribution in [0.2, 0.25) is 0 Å². The van der Waals surface area contributed by atoms with E-state index in [0.29, 0.717) is 38.8 Å². The van der Waals surface area contributed by atoms with Crippen molar-refractivity contribution in [1.82, 2.24) is 20.6 Å². The molecule has 1 aliphatic rings. The van der Waals surface area contributed by atoms with Gasteiger partial charge < -0.3 is 27.1 Å². The van der Waals surface area contributed by atoms with Crippen molar-refractivity contribution >= 4 is 28.5 Å². The minimum atomic E-state index is -0.569. The molecule has 0 unspecified atom stereocenters.